The van der Waals surface area contributed by atoms with E-state index in [1.807, 2.05) is 20.8 Å². The summed E-state index contributed by atoms with van der Waals surface area (Å²) >= 11 is 0. The maximum Gasteiger partial charge on any atom is 0.505 e. The van der Waals surface area contributed by atoms with Gasteiger partial charge in [-0.15, -0.1) is 0 Å². The van der Waals surface area contributed by atoms with Crippen LogP contribution in [0.3, 0.4) is 0 Å². The van der Waals surface area contributed by atoms with Crippen molar-refractivity contribution in [3.63, 3.8) is 0 Å². The molecule has 1 aromatic carbocycles. The lowest BCUT2D eigenvalue weighted by Crippen LogP contribution is -2.48. The van der Waals surface area contributed by atoms with Crippen molar-refractivity contribution in [2.75, 3.05) is 26.4 Å². The Morgan fingerprint density at radius 1 is 1.05 bits per heavy atom. The topological polar surface area (TPSA) is 36.9 Å². The number of hydrogen-bond donors (Lipinski definition) is 0. The van der Waals surface area contributed by atoms with Gasteiger partial charge in [-0.2, -0.15) is 0 Å². The number of aryl methyl sites for hydroxylation is 1. The Balaban J connectivity index is 2.18. The van der Waals surface area contributed by atoms with Crippen molar-refractivity contribution in [1.29, 1.82) is 0 Å². The normalized spacial score (nSPS) is 14.6. The Morgan fingerprint density at radius 2 is 1.71 bits per heavy atom. The lowest BCUT2D eigenvalue weighted by molar-refractivity contribution is 0.0704. The van der Waals surface area contributed by atoms with E-state index in [1.165, 1.54) is 11.1 Å². The summed E-state index contributed by atoms with van der Waals surface area (Å²) in [5.41, 5.74) is 2.49. The summed E-state index contributed by atoms with van der Waals surface area (Å²) < 4.78 is 23.4. The predicted octanol–water partition coefficient (Wildman–Crippen LogP) is 3.14. The van der Waals surface area contributed by atoms with E-state index in [0.717, 1.165) is 31.2 Å². The Kier molecular flexibility index (Phi) is 6.23. The number of fused-ring (bicyclic) bond motifs is 1. The molecule has 0 aliphatic carbocycles. The molecule has 0 amide bonds. The van der Waals surface area contributed by atoms with E-state index in [2.05, 4.69) is 18.2 Å². The first-order valence-electron chi connectivity index (χ1n) is 7.89. The molecule has 1 heterocycles. The number of hydrogen-bond acceptors (Lipinski definition) is 4. The van der Waals surface area contributed by atoms with E-state index in [0.29, 0.717) is 19.8 Å². The number of rotatable bonds is 8. The first kappa shape index (κ1) is 16.5. The molecular formula is C16H26O4Si. The van der Waals surface area contributed by atoms with Gasteiger partial charge in [-0.05, 0) is 50.8 Å². The van der Waals surface area contributed by atoms with E-state index in [1.54, 1.807) is 0 Å². The molecule has 0 fully saturated rings. The van der Waals surface area contributed by atoms with Crippen LogP contribution in [0, 0.1) is 0 Å². The van der Waals surface area contributed by atoms with Crippen molar-refractivity contribution in [2.45, 2.75) is 39.7 Å². The monoisotopic (exact) mass is 310 g/mol. The van der Waals surface area contributed by atoms with Crippen molar-refractivity contribution in [2.24, 2.45) is 0 Å². The van der Waals surface area contributed by atoms with E-state index in [9.17, 15) is 0 Å². The third-order valence-corrected chi connectivity index (χ3v) is 6.51. The van der Waals surface area contributed by atoms with E-state index in [4.69, 9.17) is 18.0 Å². The summed E-state index contributed by atoms with van der Waals surface area (Å²) in [5, 5.41) is 0. The minimum Gasteiger partial charge on any atom is -0.493 e. The minimum atomic E-state index is -2.62. The van der Waals surface area contributed by atoms with Gasteiger partial charge in [0.25, 0.3) is 0 Å². The van der Waals surface area contributed by atoms with Gasteiger partial charge in [0.2, 0.25) is 0 Å². The number of ether oxygens (including phenoxy) is 1. The van der Waals surface area contributed by atoms with Crippen molar-refractivity contribution in [3.8, 4) is 5.75 Å². The van der Waals surface area contributed by atoms with Crippen molar-refractivity contribution >= 4 is 8.80 Å². The van der Waals surface area contributed by atoms with Gasteiger partial charge in [-0.3, -0.25) is 0 Å². The van der Waals surface area contributed by atoms with Crippen LogP contribution in [-0.4, -0.2) is 35.2 Å². The highest BCUT2D eigenvalue weighted by atomic mass is 28.4. The van der Waals surface area contributed by atoms with Crippen LogP contribution in [-0.2, 0) is 25.7 Å². The predicted molar refractivity (Wildman–Crippen MR) is 84.6 cm³/mol. The summed E-state index contributed by atoms with van der Waals surface area (Å²) in [6, 6.07) is 7.10. The van der Waals surface area contributed by atoms with Crippen LogP contribution in [0.4, 0.5) is 0 Å². The average Bonchev–Trinajstić information content (AvgIpc) is 2.48. The summed E-state index contributed by atoms with van der Waals surface area (Å²) in [5.74, 6) is 1.02. The third kappa shape index (κ3) is 4.29. The lowest BCUT2D eigenvalue weighted by Gasteiger charge is -2.29. The van der Waals surface area contributed by atoms with Crippen LogP contribution in [0.5, 0.6) is 5.75 Å². The highest BCUT2D eigenvalue weighted by molar-refractivity contribution is 6.60. The molecule has 0 unspecified atom stereocenters. The van der Waals surface area contributed by atoms with E-state index in [-0.39, 0.29) is 0 Å². The van der Waals surface area contributed by atoms with Gasteiger partial charge in [-0.25, -0.2) is 0 Å². The van der Waals surface area contributed by atoms with Crippen LogP contribution < -0.4 is 4.74 Å². The van der Waals surface area contributed by atoms with Crippen molar-refractivity contribution in [1.82, 2.24) is 0 Å². The molecule has 0 spiro atoms. The van der Waals surface area contributed by atoms with Crippen LogP contribution in [0.1, 0.15) is 38.3 Å². The lowest BCUT2D eigenvalue weighted by atomic mass is 10.0. The molecule has 118 valence electrons. The molecule has 0 N–H and O–H groups in total. The third-order valence-electron chi connectivity index (χ3n) is 3.49. The standard InChI is InChI=1S/C16H26O4Si/c1-4-18-21(19-5-2,20-6-3)13-14-9-10-16-15(12-14)8-7-11-17-16/h9-10,12H,4-8,11,13H2,1-3H3. The summed E-state index contributed by atoms with van der Waals surface area (Å²) in [7, 11) is -2.62. The molecule has 0 atom stereocenters. The van der Waals surface area contributed by atoms with Crippen molar-refractivity contribution in [3.05, 3.63) is 29.3 Å². The van der Waals surface area contributed by atoms with Gasteiger partial charge in [-0.1, -0.05) is 12.1 Å². The first-order valence-corrected chi connectivity index (χ1v) is 9.82. The molecule has 1 aliphatic heterocycles. The minimum absolute atomic E-state index is 0.611. The zero-order valence-electron chi connectivity index (χ0n) is 13.3. The van der Waals surface area contributed by atoms with Crippen LogP contribution in [0.25, 0.3) is 0 Å². The summed E-state index contributed by atoms with van der Waals surface area (Å²) in [6.45, 7) is 8.62. The zero-order chi connectivity index (χ0) is 15.1. The Morgan fingerprint density at radius 3 is 2.33 bits per heavy atom. The molecule has 0 saturated carbocycles. The molecule has 1 aromatic rings. The fourth-order valence-electron chi connectivity index (χ4n) is 2.71. The van der Waals surface area contributed by atoms with E-state index < -0.39 is 8.80 Å². The maximum atomic E-state index is 5.92. The van der Waals surface area contributed by atoms with Crippen LogP contribution in [0.2, 0.25) is 0 Å². The molecule has 5 heteroatoms. The molecule has 4 nitrogen and oxygen atoms in total. The molecule has 0 bridgehead atoms. The van der Waals surface area contributed by atoms with Gasteiger partial charge in [0.05, 0.1) is 6.61 Å². The van der Waals surface area contributed by atoms with Crippen molar-refractivity contribution < 1.29 is 18.0 Å². The molecule has 0 radical (unpaired) electrons. The summed E-state index contributed by atoms with van der Waals surface area (Å²) in [6.07, 6.45) is 2.16. The fourth-order valence-corrected chi connectivity index (χ4v) is 5.31. The second-order valence-electron chi connectivity index (χ2n) is 5.05. The van der Waals surface area contributed by atoms with Gasteiger partial charge in [0.1, 0.15) is 5.75 Å². The molecule has 0 aromatic heterocycles. The van der Waals surface area contributed by atoms with Crippen LogP contribution in [0.15, 0.2) is 18.2 Å². The molecule has 1 aliphatic rings. The molecule has 21 heavy (non-hydrogen) atoms. The quantitative estimate of drug-likeness (QED) is 0.691. The number of benzene rings is 1. The Labute approximate surface area is 128 Å². The van der Waals surface area contributed by atoms with Gasteiger partial charge < -0.3 is 18.0 Å². The second-order valence-corrected chi connectivity index (χ2v) is 7.64. The molecule has 0 saturated heterocycles. The Bertz CT molecular complexity index is 433. The summed E-state index contributed by atoms with van der Waals surface area (Å²) in [4.78, 5) is 0. The highest BCUT2D eigenvalue weighted by Crippen LogP contribution is 2.27. The van der Waals surface area contributed by atoms with Gasteiger partial charge >= 0.3 is 8.80 Å². The average molecular weight is 310 g/mol. The second kappa shape index (κ2) is 7.94. The maximum absolute atomic E-state index is 5.92. The van der Waals surface area contributed by atoms with Gasteiger partial charge in [0, 0.05) is 25.9 Å². The largest absolute Gasteiger partial charge is 0.505 e. The first-order chi connectivity index (χ1) is 10.2. The SMILES string of the molecule is CCO[Si](Cc1ccc2c(c1)CCCO2)(OCC)OCC. The van der Waals surface area contributed by atoms with Gasteiger partial charge in [0.15, 0.2) is 0 Å². The van der Waals surface area contributed by atoms with E-state index >= 15 is 0 Å². The highest BCUT2D eigenvalue weighted by Gasteiger charge is 2.40. The van der Waals surface area contributed by atoms with Crippen LogP contribution >= 0.6 is 0 Å². The molecular weight excluding hydrogens is 284 g/mol. The zero-order valence-corrected chi connectivity index (χ0v) is 14.3. The molecule has 2 rings (SSSR count). The fraction of sp³-hybridized carbons (Fsp3) is 0.625. The Hall–Kier alpha value is -0.883. The smallest absolute Gasteiger partial charge is 0.493 e.